The van der Waals surface area contributed by atoms with Crippen LogP contribution in [0.2, 0.25) is 0 Å². The summed E-state index contributed by atoms with van der Waals surface area (Å²) in [5.41, 5.74) is -4.22. The van der Waals surface area contributed by atoms with E-state index in [1.165, 1.54) is 0 Å². The van der Waals surface area contributed by atoms with E-state index in [1.54, 1.807) is 6.92 Å². The van der Waals surface area contributed by atoms with Crippen LogP contribution in [0.1, 0.15) is 23.9 Å². The van der Waals surface area contributed by atoms with Gasteiger partial charge in [0.25, 0.3) is 0 Å². The van der Waals surface area contributed by atoms with E-state index in [2.05, 4.69) is 9.97 Å². The molecule has 0 fully saturated rings. The molecule has 0 saturated carbocycles. The maximum atomic E-state index is 12.9. The number of fused-ring (bicyclic) bond motifs is 1. The second kappa shape index (κ2) is 4.14. The van der Waals surface area contributed by atoms with E-state index < -0.39 is 29.0 Å². The molecule has 0 aliphatic rings. The number of aromatic amines is 1. The van der Waals surface area contributed by atoms with Gasteiger partial charge in [0.2, 0.25) is 0 Å². The minimum absolute atomic E-state index is 0.0582. The first kappa shape index (κ1) is 13.7. The van der Waals surface area contributed by atoms with Crippen molar-refractivity contribution in [2.75, 3.05) is 0 Å². The van der Waals surface area contributed by atoms with Crippen LogP contribution in [0, 0.1) is 0 Å². The first-order valence-electron chi connectivity index (χ1n) is 5.30. The van der Waals surface area contributed by atoms with Gasteiger partial charge in [-0.05, 0) is 12.1 Å². The van der Waals surface area contributed by atoms with Crippen LogP contribution in [0.25, 0.3) is 11.0 Å². The third kappa shape index (κ3) is 2.39. The number of alkyl halides is 6. The summed E-state index contributed by atoms with van der Waals surface area (Å²) in [6, 6.07) is 1.38. The van der Waals surface area contributed by atoms with E-state index in [9.17, 15) is 26.3 Å². The fraction of sp³-hybridized carbons (Fsp3) is 0.364. The molecule has 1 aromatic carbocycles. The topological polar surface area (TPSA) is 28.7 Å². The van der Waals surface area contributed by atoms with E-state index in [1.807, 2.05) is 0 Å². The van der Waals surface area contributed by atoms with E-state index in [0.717, 1.165) is 6.07 Å². The Labute approximate surface area is 103 Å². The zero-order valence-electron chi connectivity index (χ0n) is 9.58. The molecule has 2 rings (SSSR count). The highest BCUT2D eigenvalue weighted by Crippen LogP contribution is 2.43. The van der Waals surface area contributed by atoms with E-state index in [-0.39, 0.29) is 11.3 Å². The third-order valence-corrected chi connectivity index (χ3v) is 2.63. The van der Waals surface area contributed by atoms with Gasteiger partial charge < -0.3 is 4.98 Å². The van der Waals surface area contributed by atoms with Gasteiger partial charge in [0.05, 0.1) is 16.6 Å². The number of nitrogens with zero attached hydrogens (tertiary/aromatic N) is 1. The molecule has 0 aliphatic carbocycles. The number of imidazole rings is 1. The average molecular weight is 282 g/mol. The zero-order valence-corrected chi connectivity index (χ0v) is 9.58. The summed E-state index contributed by atoms with van der Waals surface area (Å²) in [7, 11) is 0. The second-order valence-electron chi connectivity index (χ2n) is 3.92. The summed E-state index contributed by atoms with van der Waals surface area (Å²) in [5.74, 6) is 0.208. The van der Waals surface area contributed by atoms with Gasteiger partial charge in [-0.15, -0.1) is 0 Å². The van der Waals surface area contributed by atoms with Gasteiger partial charge in [0, 0.05) is 6.42 Å². The van der Waals surface area contributed by atoms with Crippen molar-refractivity contribution in [3.05, 3.63) is 29.1 Å². The predicted octanol–water partition coefficient (Wildman–Crippen LogP) is 4.16. The van der Waals surface area contributed by atoms with Gasteiger partial charge in [-0.25, -0.2) is 4.98 Å². The largest absolute Gasteiger partial charge is 0.419 e. The van der Waals surface area contributed by atoms with Crippen molar-refractivity contribution < 1.29 is 26.3 Å². The molecule has 104 valence electrons. The Morgan fingerprint density at radius 2 is 1.68 bits per heavy atom. The molecule has 0 amide bonds. The minimum Gasteiger partial charge on any atom is -0.342 e. The van der Waals surface area contributed by atoms with Crippen LogP contribution >= 0.6 is 0 Å². The predicted molar refractivity (Wildman–Crippen MR) is 55.5 cm³/mol. The third-order valence-electron chi connectivity index (χ3n) is 2.63. The Hall–Kier alpha value is -1.73. The van der Waals surface area contributed by atoms with Gasteiger partial charge in [0.15, 0.2) is 0 Å². The number of halogens is 6. The quantitative estimate of drug-likeness (QED) is 0.781. The van der Waals surface area contributed by atoms with Crippen molar-refractivity contribution in [2.24, 2.45) is 0 Å². The summed E-state index contributed by atoms with van der Waals surface area (Å²) in [5, 5.41) is 0. The summed E-state index contributed by atoms with van der Waals surface area (Å²) in [6.07, 6.45) is -9.90. The van der Waals surface area contributed by atoms with Crippen molar-refractivity contribution in [3.8, 4) is 0 Å². The van der Waals surface area contributed by atoms with Crippen molar-refractivity contribution >= 4 is 11.0 Å². The number of aryl methyl sites for hydroxylation is 1. The lowest BCUT2D eigenvalue weighted by atomic mass is 10.0. The first-order valence-corrected chi connectivity index (χ1v) is 5.30. The molecule has 0 aliphatic heterocycles. The molecule has 0 atom stereocenters. The molecule has 0 unspecified atom stereocenters. The van der Waals surface area contributed by atoms with Crippen LogP contribution < -0.4 is 0 Å². The number of hydrogen-bond donors (Lipinski definition) is 1. The van der Waals surface area contributed by atoms with Gasteiger partial charge in [-0.3, -0.25) is 0 Å². The highest BCUT2D eigenvalue weighted by atomic mass is 19.4. The van der Waals surface area contributed by atoms with Crippen LogP contribution in [-0.2, 0) is 18.8 Å². The highest BCUT2D eigenvalue weighted by molar-refractivity contribution is 5.81. The van der Waals surface area contributed by atoms with Crippen LogP contribution in [0.5, 0.6) is 0 Å². The molecule has 1 aromatic heterocycles. The monoisotopic (exact) mass is 282 g/mol. The SMILES string of the molecule is CCc1nc2c(C(F)(F)F)c(C(F)(F)F)ccc2[nH]1. The normalized spacial score (nSPS) is 13.2. The molecule has 1 N–H and O–H groups in total. The van der Waals surface area contributed by atoms with Gasteiger partial charge >= 0.3 is 12.4 Å². The Bertz CT molecular complexity index is 608. The molecule has 0 saturated heterocycles. The molecule has 0 radical (unpaired) electrons. The number of hydrogen-bond acceptors (Lipinski definition) is 1. The van der Waals surface area contributed by atoms with Crippen LogP contribution in [0.15, 0.2) is 12.1 Å². The maximum Gasteiger partial charge on any atom is 0.419 e. The summed E-state index contributed by atoms with van der Waals surface area (Å²) in [6.45, 7) is 1.63. The Kier molecular flexibility index (Phi) is 2.98. The molecule has 2 aromatic rings. The van der Waals surface area contributed by atoms with Crippen molar-refractivity contribution in [3.63, 3.8) is 0 Å². The molecule has 8 heteroatoms. The van der Waals surface area contributed by atoms with Crippen molar-refractivity contribution in [1.29, 1.82) is 0 Å². The molecule has 2 nitrogen and oxygen atoms in total. The van der Waals surface area contributed by atoms with Gasteiger partial charge in [0.1, 0.15) is 11.3 Å². The fourth-order valence-electron chi connectivity index (χ4n) is 1.82. The first-order chi connectivity index (χ1) is 8.64. The Morgan fingerprint density at radius 3 is 2.16 bits per heavy atom. The molecule has 0 bridgehead atoms. The zero-order chi connectivity index (χ0) is 14.4. The number of H-pyrrole nitrogens is 1. The number of benzene rings is 1. The summed E-state index contributed by atoms with van der Waals surface area (Å²) in [4.78, 5) is 6.15. The second-order valence-corrected chi connectivity index (χ2v) is 3.92. The lowest BCUT2D eigenvalue weighted by Gasteiger charge is -2.15. The number of nitrogens with one attached hydrogen (secondary N) is 1. The minimum atomic E-state index is -5.12. The number of aromatic nitrogens is 2. The summed E-state index contributed by atoms with van der Waals surface area (Å²) >= 11 is 0. The van der Waals surface area contributed by atoms with E-state index in [0.29, 0.717) is 12.5 Å². The Morgan fingerprint density at radius 1 is 1.05 bits per heavy atom. The fourth-order valence-corrected chi connectivity index (χ4v) is 1.82. The Balaban J connectivity index is 2.84. The van der Waals surface area contributed by atoms with Crippen LogP contribution in [0.4, 0.5) is 26.3 Å². The average Bonchev–Trinajstić information content (AvgIpc) is 2.67. The lowest BCUT2D eigenvalue weighted by Crippen LogP contribution is -2.17. The van der Waals surface area contributed by atoms with Crippen molar-refractivity contribution in [1.82, 2.24) is 9.97 Å². The molecule has 1 heterocycles. The standard InChI is InChI=1S/C11H8F6N2/c1-2-7-18-6-4-3-5(10(12,13)14)8(9(6)19-7)11(15,16)17/h3-4H,2H2,1H3,(H,18,19). The molecule has 0 spiro atoms. The van der Waals surface area contributed by atoms with Crippen molar-refractivity contribution in [2.45, 2.75) is 25.7 Å². The lowest BCUT2D eigenvalue weighted by molar-refractivity contribution is -0.161. The van der Waals surface area contributed by atoms with E-state index >= 15 is 0 Å². The number of rotatable bonds is 1. The molecular weight excluding hydrogens is 274 g/mol. The van der Waals surface area contributed by atoms with Gasteiger partial charge in [-0.2, -0.15) is 26.3 Å². The molecule has 19 heavy (non-hydrogen) atoms. The smallest absolute Gasteiger partial charge is 0.342 e. The van der Waals surface area contributed by atoms with Gasteiger partial charge in [-0.1, -0.05) is 6.92 Å². The van der Waals surface area contributed by atoms with E-state index in [4.69, 9.17) is 0 Å². The summed E-state index contributed by atoms with van der Waals surface area (Å²) < 4.78 is 76.6. The molecular formula is C11H8F6N2. The maximum absolute atomic E-state index is 12.9. The van der Waals surface area contributed by atoms with Crippen LogP contribution in [-0.4, -0.2) is 9.97 Å². The highest BCUT2D eigenvalue weighted by Gasteiger charge is 2.45. The van der Waals surface area contributed by atoms with Crippen LogP contribution in [0.3, 0.4) is 0 Å².